The molecule has 3 amide bonds. The maximum Gasteiger partial charge on any atom is 0.259 e. The molecule has 34 heavy (non-hydrogen) atoms. The third kappa shape index (κ3) is 4.64. The summed E-state index contributed by atoms with van der Waals surface area (Å²) in [5.41, 5.74) is 2.18. The van der Waals surface area contributed by atoms with E-state index in [1.807, 2.05) is 56.3 Å². The van der Waals surface area contributed by atoms with Crippen molar-refractivity contribution in [2.45, 2.75) is 39.3 Å². The molecule has 4 rings (SSSR count). The lowest BCUT2D eigenvalue weighted by atomic mass is 10.1. The minimum atomic E-state index is -0.648. The second-order valence-corrected chi connectivity index (χ2v) is 8.87. The maximum atomic E-state index is 13.7. The molecule has 0 aliphatic carbocycles. The molecule has 3 aromatic carbocycles. The average molecular weight is 478 g/mol. The minimum absolute atomic E-state index is 0.141. The van der Waals surface area contributed by atoms with Crippen LogP contribution in [0, 0.1) is 0 Å². The fourth-order valence-electron chi connectivity index (χ4n) is 4.43. The van der Waals surface area contributed by atoms with Crippen molar-refractivity contribution >= 4 is 45.8 Å². The van der Waals surface area contributed by atoms with Crippen molar-refractivity contribution in [3.05, 3.63) is 76.8 Å². The number of carbonyl (C=O) groups is 3. The number of hydrogen-bond donors (Lipinski definition) is 1. The molecule has 6 nitrogen and oxygen atoms in total. The second kappa shape index (κ2) is 10.3. The highest BCUT2D eigenvalue weighted by molar-refractivity contribution is 6.30. The van der Waals surface area contributed by atoms with Crippen LogP contribution < -0.4 is 10.2 Å². The first-order chi connectivity index (χ1) is 16.4. The van der Waals surface area contributed by atoms with Crippen LogP contribution in [0.3, 0.4) is 0 Å². The number of anilines is 1. The number of nitrogens with zero attached hydrogens (tertiary/aromatic N) is 2. The molecule has 176 valence electrons. The van der Waals surface area contributed by atoms with Gasteiger partial charge in [0.05, 0.1) is 5.69 Å². The predicted molar refractivity (Wildman–Crippen MR) is 135 cm³/mol. The fraction of sp³-hybridized carbons (Fsp3) is 0.296. The lowest BCUT2D eigenvalue weighted by molar-refractivity contribution is -0.140. The van der Waals surface area contributed by atoms with Gasteiger partial charge in [0.15, 0.2) is 0 Å². The van der Waals surface area contributed by atoms with E-state index in [0.717, 1.165) is 28.4 Å². The molecule has 0 radical (unpaired) electrons. The summed E-state index contributed by atoms with van der Waals surface area (Å²) >= 11 is 6.03. The van der Waals surface area contributed by atoms with Crippen molar-refractivity contribution in [1.82, 2.24) is 10.2 Å². The molecule has 1 atom stereocenters. The first-order valence-electron chi connectivity index (χ1n) is 11.6. The lowest BCUT2D eigenvalue weighted by Gasteiger charge is -2.32. The zero-order valence-electron chi connectivity index (χ0n) is 19.4. The number of halogens is 1. The van der Waals surface area contributed by atoms with Crippen LogP contribution in [0.2, 0.25) is 5.02 Å². The van der Waals surface area contributed by atoms with Crippen LogP contribution in [0.4, 0.5) is 5.69 Å². The molecule has 0 saturated heterocycles. The fourth-order valence-corrected chi connectivity index (χ4v) is 4.56. The maximum absolute atomic E-state index is 13.7. The van der Waals surface area contributed by atoms with Gasteiger partial charge in [-0.05, 0) is 48.1 Å². The van der Waals surface area contributed by atoms with Gasteiger partial charge in [-0.1, -0.05) is 61.8 Å². The number of carbonyl (C=O) groups excluding carboxylic acids is 3. The van der Waals surface area contributed by atoms with E-state index in [4.69, 9.17) is 11.6 Å². The number of nitrogens with one attached hydrogen (secondary N) is 1. The molecule has 0 spiro atoms. The Morgan fingerprint density at radius 1 is 1.03 bits per heavy atom. The summed E-state index contributed by atoms with van der Waals surface area (Å²) in [4.78, 5) is 42.9. The monoisotopic (exact) mass is 477 g/mol. The van der Waals surface area contributed by atoms with E-state index in [1.54, 1.807) is 23.1 Å². The Labute approximate surface area is 204 Å². The van der Waals surface area contributed by atoms with E-state index in [1.165, 1.54) is 4.90 Å². The SMILES string of the molecule is CCCNC(=O)[C@@H](CC)N(Cc1ccc(Cl)cc1)C(=O)CN1C(=O)c2cccc3cccc1c23. The molecule has 1 heterocycles. The van der Waals surface area contributed by atoms with Gasteiger partial charge >= 0.3 is 0 Å². The van der Waals surface area contributed by atoms with E-state index in [0.29, 0.717) is 23.6 Å². The van der Waals surface area contributed by atoms with Crippen LogP contribution in [0.5, 0.6) is 0 Å². The number of rotatable bonds is 9. The molecule has 7 heteroatoms. The van der Waals surface area contributed by atoms with Gasteiger partial charge in [-0.15, -0.1) is 0 Å². The molecule has 0 fully saturated rings. The van der Waals surface area contributed by atoms with Gasteiger partial charge in [-0.25, -0.2) is 0 Å². The van der Waals surface area contributed by atoms with Gasteiger partial charge in [0.2, 0.25) is 11.8 Å². The van der Waals surface area contributed by atoms with Crippen molar-refractivity contribution in [3.8, 4) is 0 Å². The predicted octanol–water partition coefficient (Wildman–Crippen LogP) is 4.79. The van der Waals surface area contributed by atoms with Gasteiger partial charge in [0.1, 0.15) is 12.6 Å². The van der Waals surface area contributed by atoms with Crippen molar-refractivity contribution in [1.29, 1.82) is 0 Å². The van der Waals surface area contributed by atoms with Crippen LogP contribution >= 0.6 is 11.6 Å². The number of benzene rings is 3. The Balaban J connectivity index is 1.64. The van der Waals surface area contributed by atoms with Crippen LogP contribution in [0.15, 0.2) is 60.7 Å². The Morgan fingerprint density at radius 2 is 1.74 bits per heavy atom. The van der Waals surface area contributed by atoms with E-state index >= 15 is 0 Å². The normalized spacial score (nSPS) is 13.3. The van der Waals surface area contributed by atoms with Gasteiger partial charge in [-0.2, -0.15) is 0 Å². The molecule has 0 saturated carbocycles. The van der Waals surface area contributed by atoms with Gasteiger partial charge in [-0.3, -0.25) is 19.3 Å². The average Bonchev–Trinajstić information content (AvgIpc) is 3.11. The molecule has 1 aliphatic rings. The second-order valence-electron chi connectivity index (χ2n) is 8.44. The van der Waals surface area contributed by atoms with E-state index < -0.39 is 6.04 Å². The first kappa shape index (κ1) is 23.8. The standard InChI is InChI=1S/C27H28ClN3O3/c1-3-15-29-26(33)22(4-2)30(16-18-11-13-20(28)14-12-18)24(32)17-31-23-10-6-8-19-7-5-9-21(25(19)23)27(31)34/h5-14,22H,3-4,15-17H2,1-2H3,(H,29,33)/t22-/m1/s1. The quantitative estimate of drug-likeness (QED) is 0.482. The molecule has 0 bridgehead atoms. The number of amides is 3. The molecular weight excluding hydrogens is 450 g/mol. The van der Waals surface area contributed by atoms with Crippen LogP contribution in [0.1, 0.15) is 42.6 Å². The van der Waals surface area contributed by atoms with Crippen molar-refractivity contribution in [3.63, 3.8) is 0 Å². The summed E-state index contributed by atoms with van der Waals surface area (Å²) in [6, 6.07) is 17.9. The van der Waals surface area contributed by atoms with E-state index in [2.05, 4.69) is 5.32 Å². The Bertz CT molecular complexity index is 1220. The molecule has 0 unspecified atom stereocenters. The molecule has 3 aromatic rings. The summed E-state index contributed by atoms with van der Waals surface area (Å²) in [5.74, 6) is -0.675. The summed E-state index contributed by atoms with van der Waals surface area (Å²) in [6.45, 7) is 4.51. The minimum Gasteiger partial charge on any atom is -0.354 e. The third-order valence-corrected chi connectivity index (χ3v) is 6.40. The van der Waals surface area contributed by atoms with E-state index in [-0.39, 0.29) is 30.8 Å². The van der Waals surface area contributed by atoms with Crippen LogP contribution in [0.25, 0.3) is 10.8 Å². The highest BCUT2D eigenvalue weighted by Crippen LogP contribution is 2.37. The molecule has 1 aliphatic heterocycles. The van der Waals surface area contributed by atoms with Crippen molar-refractivity contribution in [2.24, 2.45) is 0 Å². The van der Waals surface area contributed by atoms with Crippen molar-refractivity contribution < 1.29 is 14.4 Å². The zero-order valence-corrected chi connectivity index (χ0v) is 20.1. The lowest BCUT2D eigenvalue weighted by Crippen LogP contribution is -2.52. The Kier molecular flexibility index (Phi) is 7.17. The largest absolute Gasteiger partial charge is 0.354 e. The summed E-state index contributed by atoms with van der Waals surface area (Å²) in [5, 5.41) is 5.33. The van der Waals surface area contributed by atoms with Crippen LogP contribution in [-0.4, -0.2) is 41.8 Å². The van der Waals surface area contributed by atoms with Crippen molar-refractivity contribution in [2.75, 3.05) is 18.0 Å². The van der Waals surface area contributed by atoms with Crippen LogP contribution in [-0.2, 0) is 16.1 Å². The Hall–Kier alpha value is -3.38. The Morgan fingerprint density at radius 3 is 2.41 bits per heavy atom. The first-order valence-corrected chi connectivity index (χ1v) is 12.0. The third-order valence-electron chi connectivity index (χ3n) is 6.14. The molecule has 0 aromatic heterocycles. The highest BCUT2D eigenvalue weighted by atomic mass is 35.5. The van der Waals surface area contributed by atoms with Gasteiger partial charge < -0.3 is 10.2 Å². The summed E-state index contributed by atoms with van der Waals surface area (Å²) in [7, 11) is 0. The number of hydrogen-bond acceptors (Lipinski definition) is 3. The molecular formula is C27H28ClN3O3. The highest BCUT2D eigenvalue weighted by Gasteiger charge is 2.35. The smallest absolute Gasteiger partial charge is 0.259 e. The topological polar surface area (TPSA) is 69.7 Å². The summed E-state index contributed by atoms with van der Waals surface area (Å²) < 4.78 is 0. The van der Waals surface area contributed by atoms with Gasteiger partial charge in [0.25, 0.3) is 5.91 Å². The summed E-state index contributed by atoms with van der Waals surface area (Å²) in [6.07, 6.45) is 1.26. The van der Waals surface area contributed by atoms with Gasteiger partial charge in [0, 0.05) is 29.1 Å². The van der Waals surface area contributed by atoms with E-state index in [9.17, 15) is 14.4 Å². The molecule has 1 N–H and O–H groups in total. The zero-order chi connectivity index (χ0) is 24.2.